The minimum atomic E-state index is -0.338. The summed E-state index contributed by atoms with van der Waals surface area (Å²) in [6.45, 7) is 7.96. The Labute approximate surface area is 219 Å². The molecule has 1 saturated carbocycles. The van der Waals surface area contributed by atoms with Crippen LogP contribution in [0.3, 0.4) is 0 Å². The van der Waals surface area contributed by atoms with Gasteiger partial charge in [-0.3, -0.25) is 15.0 Å². The maximum Gasteiger partial charge on any atom is 0.259 e. The average molecular weight is 531 g/mol. The molecule has 192 valence electrons. The van der Waals surface area contributed by atoms with Gasteiger partial charge >= 0.3 is 0 Å². The van der Waals surface area contributed by atoms with Gasteiger partial charge in [-0.1, -0.05) is 42.2 Å². The Morgan fingerprint density at radius 1 is 1.19 bits per heavy atom. The Kier molecular flexibility index (Phi) is 7.73. The number of halogens is 1. The molecule has 0 aromatic carbocycles. The summed E-state index contributed by atoms with van der Waals surface area (Å²) < 4.78 is 11.2. The topological polar surface area (TPSA) is 96.6 Å². The Balaban J connectivity index is 1.34. The highest BCUT2D eigenvalue weighted by Gasteiger charge is 2.29. The zero-order valence-electron chi connectivity index (χ0n) is 20.6. The first kappa shape index (κ1) is 25.0. The molecular weight excluding hydrogens is 500 g/mol. The van der Waals surface area contributed by atoms with Crippen LogP contribution in [0.4, 0.5) is 10.1 Å². The number of pyridine rings is 1. The maximum absolute atomic E-state index is 13.0. The van der Waals surface area contributed by atoms with Gasteiger partial charge in [-0.2, -0.15) is 0 Å². The fourth-order valence-corrected chi connectivity index (χ4v) is 6.15. The molecule has 1 aliphatic heterocycles. The van der Waals surface area contributed by atoms with Crippen molar-refractivity contribution in [2.75, 3.05) is 43.0 Å². The van der Waals surface area contributed by atoms with Crippen molar-refractivity contribution in [3.05, 3.63) is 34.9 Å². The number of anilines is 2. The molecule has 1 amide bonds. The van der Waals surface area contributed by atoms with E-state index in [0.717, 1.165) is 31.2 Å². The van der Waals surface area contributed by atoms with E-state index in [-0.39, 0.29) is 10.9 Å². The summed E-state index contributed by atoms with van der Waals surface area (Å²) in [4.78, 5) is 31.1. The SMILES string of the molecule is CCOc1ncc(C(=O)Nc2nc(-c3cnc(C)o3)c(N3CCN(C4CCCCC4)CC3)s2)cc1Cl. The molecule has 0 unspecified atom stereocenters. The molecule has 9 nitrogen and oxygen atoms in total. The molecular formula is C25H31ClN6O3S. The molecule has 3 aromatic heterocycles. The largest absolute Gasteiger partial charge is 0.477 e. The van der Waals surface area contributed by atoms with Crippen LogP contribution in [0.25, 0.3) is 11.5 Å². The van der Waals surface area contributed by atoms with E-state index < -0.39 is 0 Å². The fraction of sp³-hybridized carbons (Fsp3) is 0.520. The Morgan fingerprint density at radius 3 is 2.64 bits per heavy atom. The van der Waals surface area contributed by atoms with Crippen molar-refractivity contribution < 1.29 is 13.9 Å². The Bertz CT molecular complexity index is 1200. The Morgan fingerprint density at radius 2 is 1.97 bits per heavy atom. The summed E-state index contributed by atoms with van der Waals surface area (Å²) in [6.07, 6.45) is 9.80. The molecule has 1 aliphatic carbocycles. The van der Waals surface area contributed by atoms with Gasteiger partial charge in [-0.05, 0) is 25.8 Å². The number of carbonyl (C=O) groups excluding carboxylic acids is 1. The zero-order chi connectivity index (χ0) is 25.1. The predicted octanol–water partition coefficient (Wildman–Crippen LogP) is 5.26. The van der Waals surface area contributed by atoms with Crippen LogP contribution < -0.4 is 15.0 Å². The number of amides is 1. The van der Waals surface area contributed by atoms with Crippen LogP contribution in [0.2, 0.25) is 5.02 Å². The number of ether oxygens (including phenoxy) is 1. The number of hydrogen-bond donors (Lipinski definition) is 1. The second-order valence-electron chi connectivity index (χ2n) is 9.13. The van der Waals surface area contributed by atoms with E-state index in [4.69, 9.17) is 25.7 Å². The quantitative estimate of drug-likeness (QED) is 0.442. The molecule has 0 spiro atoms. The summed E-state index contributed by atoms with van der Waals surface area (Å²) in [5.41, 5.74) is 1.03. The lowest BCUT2D eigenvalue weighted by atomic mass is 9.94. The van der Waals surface area contributed by atoms with Gasteiger partial charge in [0.1, 0.15) is 15.7 Å². The highest BCUT2D eigenvalue weighted by atomic mass is 35.5. The number of aromatic nitrogens is 3. The first-order chi connectivity index (χ1) is 17.5. The molecule has 3 aromatic rings. The van der Waals surface area contributed by atoms with Crippen LogP contribution in [-0.2, 0) is 0 Å². The summed E-state index contributed by atoms with van der Waals surface area (Å²) in [5.74, 6) is 1.14. The van der Waals surface area contributed by atoms with E-state index in [2.05, 4.69) is 25.1 Å². The van der Waals surface area contributed by atoms with Crippen molar-refractivity contribution >= 4 is 39.0 Å². The molecule has 2 aliphatic rings. The number of oxazole rings is 1. The number of nitrogens with zero attached hydrogens (tertiary/aromatic N) is 5. The number of aryl methyl sites for hydroxylation is 1. The lowest BCUT2D eigenvalue weighted by molar-refractivity contribution is 0.102. The van der Waals surface area contributed by atoms with Crippen LogP contribution >= 0.6 is 22.9 Å². The molecule has 4 heterocycles. The molecule has 0 bridgehead atoms. The lowest BCUT2D eigenvalue weighted by Gasteiger charge is -2.41. The van der Waals surface area contributed by atoms with Crippen LogP contribution in [0, 0.1) is 6.92 Å². The minimum absolute atomic E-state index is 0.290. The highest BCUT2D eigenvalue weighted by molar-refractivity contribution is 7.20. The van der Waals surface area contributed by atoms with Gasteiger partial charge in [0.2, 0.25) is 5.88 Å². The fourth-order valence-electron chi connectivity index (χ4n) is 4.91. The zero-order valence-corrected chi connectivity index (χ0v) is 22.2. The molecule has 1 saturated heterocycles. The molecule has 5 rings (SSSR count). The average Bonchev–Trinajstić information content (AvgIpc) is 3.52. The molecule has 0 radical (unpaired) electrons. The van der Waals surface area contributed by atoms with E-state index >= 15 is 0 Å². The summed E-state index contributed by atoms with van der Waals surface area (Å²) in [7, 11) is 0. The van der Waals surface area contributed by atoms with Gasteiger partial charge in [0.25, 0.3) is 5.91 Å². The number of hydrogen-bond acceptors (Lipinski definition) is 9. The van der Waals surface area contributed by atoms with Gasteiger partial charge in [0.15, 0.2) is 16.8 Å². The summed E-state index contributed by atoms with van der Waals surface area (Å²) >= 11 is 7.67. The van der Waals surface area contributed by atoms with Crippen molar-refractivity contribution in [3.8, 4) is 17.3 Å². The van der Waals surface area contributed by atoms with Crippen molar-refractivity contribution in [1.29, 1.82) is 0 Å². The van der Waals surface area contributed by atoms with Crippen LogP contribution in [0.15, 0.2) is 22.9 Å². The molecule has 0 atom stereocenters. The van der Waals surface area contributed by atoms with Gasteiger partial charge in [0.05, 0.1) is 18.4 Å². The van der Waals surface area contributed by atoms with E-state index in [1.165, 1.54) is 49.6 Å². The van der Waals surface area contributed by atoms with Crippen LogP contribution in [0.1, 0.15) is 55.3 Å². The minimum Gasteiger partial charge on any atom is -0.477 e. The number of thiazole rings is 1. The van der Waals surface area contributed by atoms with Crippen LogP contribution in [-0.4, -0.2) is 64.6 Å². The lowest BCUT2D eigenvalue weighted by Crippen LogP contribution is -2.50. The van der Waals surface area contributed by atoms with Gasteiger partial charge in [-0.25, -0.2) is 15.0 Å². The maximum atomic E-state index is 13.0. The summed E-state index contributed by atoms with van der Waals surface area (Å²) in [6, 6.07) is 2.26. The molecule has 36 heavy (non-hydrogen) atoms. The first-order valence-corrected chi connectivity index (χ1v) is 13.7. The van der Waals surface area contributed by atoms with Crippen molar-refractivity contribution in [2.45, 2.75) is 52.0 Å². The van der Waals surface area contributed by atoms with E-state index in [0.29, 0.717) is 46.6 Å². The van der Waals surface area contributed by atoms with Crippen molar-refractivity contribution in [1.82, 2.24) is 19.9 Å². The van der Waals surface area contributed by atoms with Gasteiger partial charge < -0.3 is 14.1 Å². The van der Waals surface area contributed by atoms with E-state index in [1.807, 2.05) is 13.8 Å². The highest BCUT2D eigenvalue weighted by Crippen LogP contribution is 2.40. The summed E-state index contributed by atoms with van der Waals surface area (Å²) in [5, 5.41) is 4.66. The second kappa shape index (κ2) is 11.1. The van der Waals surface area contributed by atoms with Crippen LogP contribution in [0.5, 0.6) is 5.88 Å². The van der Waals surface area contributed by atoms with Gasteiger partial charge in [0, 0.05) is 45.3 Å². The van der Waals surface area contributed by atoms with Crippen molar-refractivity contribution in [3.63, 3.8) is 0 Å². The second-order valence-corrected chi connectivity index (χ2v) is 10.5. The van der Waals surface area contributed by atoms with E-state index in [1.54, 1.807) is 12.3 Å². The van der Waals surface area contributed by atoms with E-state index in [9.17, 15) is 4.79 Å². The third-order valence-electron chi connectivity index (χ3n) is 6.73. The molecule has 1 N–H and O–H groups in total. The van der Waals surface area contributed by atoms with Gasteiger partial charge in [-0.15, -0.1) is 0 Å². The smallest absolute Gasteiger partial charge is 0.259 e. The van der Waals surface area contributed by atoms with Crippen molar-refractivity contribution in [2.24, 2.45) is 0 Å². The number of nitrogens with one attached hydrogen (secondary N) is 1. The standard InChI is InChI=1S/C25H31ClN6O3S/c1-3-34-23-19(26)13-17(14-28-23)22(33)30-25-29-21(20-15-27-16(2)35-20)24(36-25)32-11-9-31(10-12-32)18-7-5-4-6-8-18/h13-15,18H,3-12H2,1-2H3,(H,29,30,33). The third-order valence-corrected chi connectivity index (χ3v) is 8.03. The number of piperazine rings is 1. The first-order valence-electron chi connectivity index (χ1n) is 12.5. The monoisotopic (exact) mass is 530 g/mol. The third kappa shape index (κ3) is 5.50. The predicted molar refractivity (Wildman–Crippen MR) is 141 cm³/mol. The normalized spacial score (nSPS) is 17.4. The molecule has 11 heteroatoms. The Hall–Kier alpha value is -2.69. The number of rotatable bonds is 7. The number of carbonyl (C=O) groups is 1. The molecule has 2 fully saturated rings.